The number of hydrogen-bond acceptors (Lipinski definition) is 5. The number of pyridine rings is 1. The van der Waals surface area contributed by atoms with Gasteiger partial charge in [-0.1, -0.05) is 24.3 Å². The Hall–Kier alpha value is -3.42. The third-order valence-electron chi connectivity index (χ3n) is 6.43. The quantitative estimate of drug-likeness (QED) is 0.667. The van der Waals surface area contributed by atoms with Gasteiger partial charge in [-0.05, 0) is 49.9 Å². The van der Waals surface area contributed by atoms with Crippen molar-refractivity contribution < 1.29 is 14.4 Å². The minimum absolute atomic E-state index is 0.0914. The highest BCUT2D eigenvalue weighted by Crippen LogP contribution is 2.30. The fraction of sp³-hybridized carbons (Fsp3) is 0.417. The zero-order valence-corrected chi connectivity index (χ0v) is 18.5. The summed E-state index contributed by atoms with van der Waals surface area (Å²) in [4.78, 5) is 44.1. The molecule has 1 spiro atoms. The molecule has 8 heteroatoms. The van der Waals surface area contributed by atoms with Crippen molar-refractivity contribution in [1.82, 2.24) is 20.5 Å². The van der Waals surface area contributed by atoms with E-state index in [0.29, 0.717) is 37.3 Å². The number of likely N-dealkylation sites (tertiary alicyclic amines) is 1. The number of carbonyl (C=O) groups excluding carboxylic acids is 3. The monoisotopic (exact) mass is 435 g/mol. The Morgan fingerprint density at radius 3 is 2.81 bits per heavy atom. The smallest absolute Gasteiger partial charge is 0.256 e. The van der Waals surface area contributed by atoms with Gasteiger partial charge in [-0.25, -0.2) is 4.98 Å². The van der Waals surface area contributed by atoms with E-state index < -0.39 is 11.7 Å². The third-order valence-corrected chi connectivity index (χ3v) is 6.43. The lowest BCUT2D eigenvalue weighted by molar-refractivity contribution is -0.139. The van der Waals surface area contributed by atoms with Gasteiger partial charge in [-0.15, -0.1) is 0 Å². The second-order valence-corrected chi connectivity index (χ2v) is 8.54. The molecule has 1 aromatic carbocycles. The number of hydrogen-bond donors (Lipinski definition) is 3. The summed E-state index contributed by atoms with van der Waals surface area (Å²) in [5, 5.41) is 9.31. The summed E-state index contributed by atoms with van der Waals surface area (Å²) >= 11 is 0. The van der Waals surface area contributed by atoms with Crippen LogP contribution < -0.4 is 16.0 Å². The summed E-state index contributed by atoms with van der Waals surface area (Å²) in [5.74, 6) is 0.0655. The van der Waals surface area contributed by atoms with E-state index in [0.717, 1.165) is 6.42 Å². The summed E-state index contributed by atoms with van der Waals surface area (Å²) in [6, 6.07) is 10.9. The molecule has 1 saturated heterocycles. The molecule has 0 aliphatic carbocycles. The van der Waals surface area contributed by atoms with Gasteiger partial charge in [-0.3, -0.25) is 14.4 Å². The summed E-state index contributed by atoms with van der Waals surface area (Å²) in [6.07, 6.45) is 3.53. The number of carbonyl (C=O) groups is 3. The van der Waals surface area contributed by atoms with Crippen molar-refractivity contribution in [2.45, 2.75) is 51.2 Å². The average molecular weight is 436 g/mol. The second-order valence-electron chi connectivity index (χ2n) is 8.54. The predicted octanol–water partition coefficient (Wildman–Crippen LogP) is 2.00. The molecule has 1 fully saturated rings. The zero-order valence-electron chi connectivity index (χ0n) is 18.5. The van der Waals surface area contributed by atoms with Crippen LogP contribution in [0.3, 0.4) is 0 Å². The summed E-state index contributed by atoms with van der Waals surface area (Å²) in [5.41, 5.74) is 2.14. The van der Waals surface area contributed by atoms with E-state index in [1.54, 1.807) is 30.2 Å². The van der Waals surface area contributed by atoms with Gasteiger partial charge < -0.3 is 20.9 Å². The second kappa shape index (κ2) is 8.98. The summed E-state index contributed by atoms with van der Waals surface area (Å²) in [6.45, 7) is 4.68. The molecule has 2 aliphatic rings. The van der Waals surface area contributed by atoms with Crippen LogP contribution in [0, 0.1) is 6.92 Å². The van der Waals surface area contributed by atoms with Gasteiger partial charge >= 0.3 is 0 Å². The zero-order chi connectivity index (χ0) is 22.7. The standard InChI is InChI=1S/C24H29N5O3/c1-16-6-3-4-7-18(16)10-14-26-22(31)17(2)29-15-12-24(11-9-20(29)30)27-21-19(23(32)28-24)8-5-13-25-21/h3-8,13,17H,9-12,14-15H2,1-2H3,(H,25,27)(H,26,31)(H,28,32). The first-order chi connectivity index (χ1) is 15.4. The molecule has 2 unspecified atom stereocenters. The highest BCUT2D eigenvalue weighted by atomic mass is 16.2. The summed E-state index contributed by atoms with van der Waals surface area (Å²) in [7, 11) is 0. The number of rotatable bonds is 5. The van der Waals surface area contributed by atoms with E-state index in [9.17, 15) is 14.4 Å². The minimum atomic E-state index is -0.746. The average Bonchev–Trinajstić information content (AvgIpc) is 2.93. The number of anilines is 1. The molecule has 1 aromatic heterocycles. The molecule has 8 nitrogen and oxygen atoms in total. The SMILES string of the molecule is Cc1ccccc1CCNC(=O)C(C)N1CCC2(CCC1=O)NC(=O)c1cccnc1N2. The van der Waals surface area contributed by atoms with Crippen molar-refractivity contribution >= 4 is 23.5 Å². The number of aromatic nitrogens is 1. The number of fused-ring (bicyclic) bond motifs is 1. The fourth-order valence-electron chi connectivity index (χ4n) is 4.42. The molecule has 3 N–H and O–H groups in total. The first-order valence-corrected chi connectivity index (χ1v) is 11.1. The van der Waals surface area contributed by atoms with Crippen molar-refractivity contribution in [2.24, 2.45) is 0 Å². The van der Waals surface area contributed by atoms with Gasteiger partial charge in [0, 0.05) is 32.1 Å². The number of amides is 3. The first kappa shape index (κ1) is 21.8. The Kier molecular flexibility index (Phi) is 6.12. The predicted molar refractivity (Wildman–Crippen MR) is 121 cm³/mol. The normalized spacial score (nSPS) is 21.2. The molecule has 32 heavy (non-hydrogen) atoms. The molecule has 3 heterocycles. The Balaban J connectivity index is 1.37. The lowest BCUT2D eigenvalue weighted by Gasteiger charge is -2.39. The van der Waals surface area contributed by atoms with Crippen molar-refractivity contribution in [3.63, 3.8) is 0 Å². The third kappa shape index (κ3) is 4.44. The van der Waals surface area contributed by atoms with Gasteiger partial charge in [0.1, 0.15) is 17.5 Å². The van der Waals surface area contributed by atoms with Gasteiger partial charge in [-0.2, -0.15) is 0 Å². The van der Waals surface area contributed by atoms with Crippen molar-refractivity contribution in [3.8, 4) is 0 Å². The van der Waals surface area contributed by atoms with Crippen LogP contribution in [0.4, 0.5) is 5.82 Å². The Bertz CT molecular complexity index is 1040. The molecule has 2 aliphatic heterocycles. The number of nitrogens with one attached hydrogen (secondary N) is 3. The Labute approximate surface area is 187 Å². The number of benzene rings is 1. The van der Waals surface area contributed by atoms with Crippen LogP contribution >= 0.6 is 0 Å². The first-order valence-electron chi connectivity index (χ1n) is 11.1. The van der Waals surface area contributed by atoms with Crippen LogP contribution in [0.25, 0.3) is 0 Å². The molecular weight excluding hydrogens is 406 g/mol. The Morgan fingerprint density at radius 2 is 2.00 bits per heavy atom. The number of nitrogens with zero attached hydrogens (tertiary/aromatic N) is 2. The summed E-state index contributed by atoms with van der Waals surface area (Å²) < 4.78 is 0. The van der Waals surface area contributed by atoms with Crippen molar-refractivity contribution in [3.05, 3.63) is 59.3 Å². The topological polar surface area (TPSA) is 103 Å². The maximum absolute atomic E-state index is 12.8. The molecule has 4 rings (SSSR count). The fourth-order valence-corrected chi connectivity index (χ4v) is 4.42. The highest BCUT2D eigenvalue weighted by Gasteiger charge is 2.42. The largest absolute Gasteiger partial charge is 0.354 e. The highest BCUT2D eigenvalue weighted by molar-refractivity contribution is 6.01. The van der Waals surface area contributed by atoms with Gasteiger partial charge in [0.15, 0.2) is 0 Å². The van der Waals surface area contributed by atoms with E-state index in [2.05, 4.69) is 40.0 Å². The minimum Gasteiger partial charge on any atom is -0.354 e. The molecule has 0 bridgehead atoms. The van der Waals surface area contributed by atoms with E-state index in [-0.39, 0.29) is 24.1 Å². The van der Waals surface area contributed by atoms with E-state index in [4.69, 9.17) is 0 Å². The molecule has 2 aromatic rings. The maximum atomic E-state index is 12.8. The maximum Gasteiger partial charge on any atom is 0.256 e. The van der Waals surface area contributed by atoms with E-state index in [1.165, 1.54) is 11.1 Å². The van der Waals surface area contributed by atoms with Crippen LogP contribution in [-0.4, -0.2) is 52.4 Å². The van der Waals surface area contributed by atoms with Crippen LogP contribution in [-0.2, 0) is 16.0 Å². The van der Waals surface area contributed by atoms with E-state index >= 15 is 0 Å². The Morgan fingerprint density at radius 1 is 1.19 bits per heavy atom. The van der Waals surface area contributed by atoms with Gasteiger partial charge in [0.2, 0.25) is 11.8 Å². The molecule has 3 amide bonds. The van der Waals surface area contributed by atoms with Crippen LogP contribution in [0.1, 0.15) is 47.7 Å². The lowest BCUT2D eigenvalue weighted by Crippen LogP contribution is -2.58. The molecule has 2 atom stereocenters. The van der Waals surface area contributed by atoms with Crippen molar-refractivity contribution in [2.75, 3.05) is 18.4 Å². The van der Waals surface area contributed by atoms with Crippen LogP contribution in [0.15, 0.2) is 42.6 Å². The van der Waals surface area contributed by atoms with Crippen molar-refractivity contribution in [1.29, 1.82) is 0 Å². The number of aryl methyl sites for hydroxylation is 1. The van der Waals surface area contributed by atoms with Crippen LogP contribution in [0.5, 0.6) is 0 Å². The lowest BCUT2D eigenvalue weighted by atomic mass is 9.97. The van der Waals surface area contributed by atoms with Gasteiger partial charge in [0.05, 0.1) is 5.56 Å². The van der Waals surface area contributed by atoms with Crippen LogP contribution in [0.2, 0.25) is 0 Å². The van der Waals surface area contributed by atoms with E-state index in [1.807, 2.05) is 12.1 Å². The molecule has 168 valence electrons. The molecule has 0 radical (unpaired) electrons. The van der Waals surface area contributed by atoms with Gasteiger partial charge in [0.25, 0.3) is 5.91 Å². The molecular formula is C24H29N5O3. The molecule has 0 saturated carbocycles.